The second-order valence-electron chi connectivity index (χ2n) is 8.66. The van der Waals surface area contributed by atoms with Crippen LogP contribution in [0.2, 0.25) is 0 Å². The average Bonchev–Trinajstić information content (AvgIpc) is 3.32. The largest absolute Gasteiger partial charge is 0.441 e. The van der Waals surface area contributed by atoms with Crippen molar-refractivity contribution in [2.75, 3.05) is 78.7 Å². The second-order valence-corrected chi connectivity index (χ2v) is 8.66. The highest BCUT2D eigenvalue weighted by molar-refractivity contribution is 5.70. The van der Waals surface area contributed by atoms with Crippen molar-refractivity contribution in [3.8, 4) is 0 Å². The summed E-state index contributed by atoms with van der Waals surface area (Å²) in [5.74, 6) is 0. The zero-order valence-corrected chi connectivity index (χ0v) is 16.9. The van der Waals surface area contributed by atoms with Gasteiger partial charge >= 0.3 is 6.09 Å². The van der Waals surface area contributed by atoms with Gasteiger partial charge < -0.3 is 24.2 Å². The number of ether oxygens (including phenoxy) is 2. The van der Waals surface area contributed by atoms with Crippen LogP contribution >= 0.6 is 0 Å². The van der Waals surface area contributed by atoms with Crippen molar-refractivity contribution in [1.29, 1.82) is 0 Å². The number of rotatable bonds is 6. The van der Waals surface area contributed by atoms with E-state index in [-0.39, 0.29) is 11.7 Å². The monoisotopic (exact) mass is 380 g/mol. The van der Waals surface area contributed by atoms with Crippen molar-refractivity contribution in [1.82, 2.24) is 19.6 Å². The molecule has 1 atom stereocenters. The van der Waals surface area contributed by atoms with E-state index in [9.17, 15) is 4.79 Å². The van der Waals surface area contributed by atoms with Crippen LogP contribution in [0.5, 0.6) is 0 Å². The fourth-order valence-electron chi connectivity index (χ4n) is 5.05. The molecular weight excluding hydrogens is 344 g/mol. The first-order valence-electron chi connectivity index (χ1n) is 10.9. The molecule has 7 heteroatoms. The van der Waals surface area contributed by atoms with Crippen LogP contribution in [-0.2, 0) is 9.47 Å². The van der Waals surface area contributed by atoms with Crippen molar-refractivity contribution >= 4 is 6.09 Å². The molecule has 4 aliphatic heterocycles. The smallest absolute Gasteiger partial charge is 0.410 e. The van der Waals surface area contributed by atoms with E-state index >= 15 is 0 Å². The minimum atomic E-state index is -0.236. The van der Waals surface area contributed by atoms with Gasteiger partial charge in [-0.15, -0.1) is 0 Å². The molecular formula is C20H36N4O3. The highest BCUT2D eigenvalue weighted by Gasteiger charge is 2.47. The number of piperidine rings is 1. The molecule has 4 rings (SSSR count). The highest BCUT2D eigenvalue weighted by atomic mass is 16.6. The third-order valence-corrected chi connectivity index (χ3v) is 6.99. The van der Waals surface area contributed by atoms with Crippen LogP contribution in [0.4, 0.5) is 4.79 Å². The Morgan fingerprint density at radius 2 is 1.78 bits per heavy atom. The van der Waals surface area contributed by atoms with Crippen LogP contribution in [0.15, 0.2) is 0 Å². The summed E-state index contributed by atoms with van der Waals surface area (Å²) in [4.78, 5) is 21.9. The minimum absolute atomic E-state index is 0.0940. The number of carbonyl (C=O) groups is 1. The van der Waals surface area contributed by atoms with E-state index in [4.69, 9.17) is 9.47 Å². The third kappa shape index (κ3) is 4.58. The van der Waals surface area contributed by atoms with Crippen LogP contribution in [0, 0.1) is 0 Å². The van der Waals surface area contributed by atoms with Crippen LogP contribution < -0.4 is 0 Å². The molecule has 0 aliphatic carbocycles. The standard InChI is InChI=1S/C20H36N4O3/c1-2-21-11-13-22(14-12-21)7-3-8-24-17-20(27-19(24)25)5-9-23(10-6-20)18-4-15-26-16-18/h18H,2-17H2,1H3/t18-/m0/s1. The van der Waals surface area contributed by atoms with Crippen LogP contribution in [0.1, 0.15) is 32.6 Å². The number of amides is 1. The summed E-state index contributed by atoms with van der Waals surface area (Å²) in [5, 5.41) is 0. The van der Waals surface area contributed by atoms with Crippen LogP contribution in [0.3, 0.4) is 0 Å². The zero-order chi connectivity index (χ0) is 18.7. The summed E-state index contributed by atoms with van der Waals surface area (Å²) in [6, 6.07) is 0.573. The zero-order valence-electron chi connectivity index (χ0n) is 16.9. The first-order chi connectivity index (χ1) is 13.2. The van der Waals surface area contributed by atoms with Gasteiger partial charge in [-0.2, -0.15) is 0 Å². The van der Waals surface area contributed by atoms with Gasteiger partial charge in [0.15, 0.2) is 0 Å². The Balaban J connectivity index is 1.18. The lowest BCUT2D eigenvalue weighted by molar-refractivity contribution is -0.0111. The molecule has 0 bridgehead atoms. The van der Waals surface area contributed by atoms with Crippen molar-refractivity contribution < 1.29 is 14.3 Å². The molecule has 1 spiro atoms. The number of likely N-dealkylation sites (N-methyl/N-ethyl adjacent to an activating group) is 1. The molecule has 0 saturated carbocycles. The summed E-state index contributed by atoms with van der Waals surface area (Å²) >= 11 is 0. The maximum Gasteiger partial charge on any atom is 0.410 e. The van der Waals surface area contributed by atoms with Crippen molar-refractivity contribution in [2.24, 2.45) is 0 Å². The molecule has 0 radical (unpaired) electrons. The molecule has 7 nitrogen and oxygen atoms in total. The molecule has 0 N–H and O–H groups in total. The van der Waals surface area contributed by atoms with E-state index < -0.39 is 0 Å². The summed E-state index contributed by atoms with van der Waals surface area (Å²) in [6.07, 6.45) is 4.02. The molecule has 0 aromatic heterocycles. The Morgan fingerprint density at radius 1 is 1.04 bits per heavy atom. The Bertz CT molecular complexity index is 495. The topological polar surface area (TPSA) is 48.5 Å². The SMILES string of the molecule is CCN1CCN(CCCN2CC3(CCN([C@H]4CCOC4)CC3)OC2=O)CC1. The summed E-state index contributed by atoms with van der Waals surface area (Å²) in [7, 11) is 0. The Morgan fingerprint density at radius 3 is 2.44 bits per heavy atom. The number of hydrogen-bond donors (Lipinski definition) is 0. The lowest BCUT2D eigenvalue weighted by atomic mass is 9.90. The molecule has 27 heavy (non-hydrogen) atoms. The van der Waals surface area contributed by atoms with Gasteiger partial charge in [0.1, 0.15) is 5.60 Å². The molecule has 4 saturated heterocycles. The Hall–Kier alpha value is -0.890. The summed E-state index contributed by atoms with van der Waals surface area (Å²) in [5.41, 5.74) is -0.236. The molecule has 4 heterocycles. The van der Waals surface area contributed by atoms with E-state index in [2.05, 4.69) is 21.6 Å². The minimum Gasteiger partial charge on any atom is -0.441 e. The molecule has 4 fully saturated rings. The van der Waals surface area contributed by atoms with Gasteiger partial charge in [-0.05, 0) is 25.9 Å². The van der Waals surface area contributed by atoms with Crippen LogP contribution in [-0.4, -0.2) is 116 Å². The van der Waals surface area contributed by atoms with Gasteiger partial charge in [-0.1, -0.05) is 6.92 Å². The molecule has 0 aromatic carbocycles. The van der Waals surface area contributed by atoms with Gasteiger partial charge in [0.2, 0.25) is 0 Å². The van der Waals surface area contributed by atoms with Gasteiger partial charge in [-0.25, -0.2) is 4.79 Å². The molecule has 154 valence electrons. The third-order valence-electron chi connectivity index (χ3n) is 6.99. The van der Waals surface area contributed by atoms with Crippen molar-refractivity contribution in [3.05, 3.63) is 0 Å². The Labute approximate surface area is 163 Å². The maximum atomic E-state index is 12.4. The highest BCUT2D eigenvalue weighted by Crippen LogP contribution is 2.34. The summed E-state index contributed by atoms with van der Waals surface area (Å²) < 4.78 is 11.4. The molecule has 1 amide bonds. The summed E-state index contributed by atoms with van der Waals surface area (Å²) in [6.45, 7) is 14.6. The van der Waals surface area contributed by atoms with Crippen LogP contribution in [0.25, 0.3) is 0 Å². The predicted molar refractivity (Wildman–Crippen MR) is 104 cm³/mol. The van der Waals surface area contributed by atoms with Gasteiger partial charge in [0.05, 0.1) is 13.2 Å². The lowest BCUT2D eigenvalue weighted by Gasteiger charge is -2.39. The van der Waals surface area contributed by atoms with E-state index in [1.165, 1.54) is 13.1 Å². The van der Waals surface area contributed by atoms with Crippen molar-refractivity contribution in [2.45, 2.75) is 44.2 Å². The molecule has 0 unspecified atom stereocenters. The van der Waals surface area contributed by atoms with E-state index in [1.54, 1.807) is 0 Å². The second kappa shape index (κ2) is 8.64. The maximum absolute atomic E-state index is 12.4. The van der Waals surface area contributed by atoms with Gasteiger partial charge in [0.25, 0.3) is 0 Å². The Kier molecular flexibility index (Phi) is 6.21. The first kappa shape index (κ1) is 19.4. The number of likely N-dealkylation sites (tertiary alicyclic amines) is 1. The first-order valence-corrected chi connectivity index (χ1v) is 10.9. The number of hydrogen-bond acceptors (Lipinski definition) is 6. The molecule has 0 aromatic rings. The van der Waals surface area contributed by atoms with Gasteiger partial charge in [-0.3, -0.25) is 4.90 Å². The van der Waals surface area contributed by atoms with E-state index in [1.807, 2.05) is 4.90 Å². The van der Waals surface area contributed by atoms with Gasteiger partial charge in [0, 0.05) is 71.3 Å². The van der Waals surface area contributed by atoms with E-state index in [0.29, 0.717) is 6.04 Å². The number of nitrogens with zero attached hydrogens (tertiary/aromatic N) is 4. The quantitative estimate of drug-likeness (QED) is 0.688. The average molecular weight is 381 g/mol. The number of piperazine rings is 1. The normalized spacial score (nSPS) is 30.3. The van der Waals surface area contributed by atoms with Crippen molar-refractivity contribution in [3.63, 3.8) is 0 Å². The number of carbonyl (C=O) groups excluding carboxylic acids is 1. The lowest BCUT2D eigenvalue weighted by Crippen LogP contribution is -2.50. The van der Waals surface area contributed by atoms with E-state index in [0.717, 1.165) is 91.3 Å². The fraction of sp³-hybridized carbons (Fsp3) is 0.950. The predicted octanol–water partition coefficient (Wildman–Crippen LogP) is 1.09. The fourth-order valence-corrected chi connectivity index (χ4v) is 5.05. The molecule has 4 aliphatic rings.